The van der Waals surface area contributed by atoms with Crippen LogP contribution in [-0.2, 0) is 17.6 Å². The number of ketones is 1. The van der Waals surface area contributed by atoms with Gasteiger partial charge >= 0.3 is 0 Å². The van der Waals surface area contributed by atoms with Crippen LogP contribution in [0.2, 0.25) is 5.02 Å². The maximum absolute atomic E-state index is 12.6. The molecule has 4 rings (SSSR count). The molecule has 0 N–H and O–H groups in total. The second-order valence-corrected chi connectivity index (χ2v) is 7.88. The molecule has 0 saturated heterocycles. The van der Waals surface area contributed by atoms with Gasteiger partial charge in [0, 0.05) is 53.6 Å². The molecule has 1 aliphatic heterocycles. The average Bonchev–Trinajstić information content (AvgIpc) is 3.20. The van der Waals surface area contributed by atoms with E-state index in [-0.39, 0.29) is 11.7 Å². The molecular formula is C25H23ClN2O2. The lowest BCUT2D eigenvalue weighted by Gasteiger charge is -2.16. The van der Waals surface area contributed by atoms with E-state index in [0.717, 1.165) is 40.9 Å². The number of rotatable bonds is 6. The van der Waals surface area contributed by atoms with E-state index in [4.69, 9.17) is 11.6 Å². The summed E-state index contributed by atoms with van der Waals surface area (Å²) >= 11 is 6.55. The number of Topliss-reactive ketones (excluding diaryl/α,β-unsaturated/α-hetero) is 1. The van der Waals surface area contributed by atoms with E-state index in [9.17, 15) is 9.59 Å². The zero-order valence-corrected chi connectivity index (χ0v) is 17.7. The molecule has 4 nitrogen and oxygen atoms in total. The summed E-state index contributed by atoms with van der Waals surface area (Å²) in [5, 5.41) is 0.557. The van der Waals surface area contributed by atoms with Crippen molar-refractivity contribution in [2.75, 3.05) is 11.4 Å². The van der Waals surface area contributed by atoms with Gasteiger partial charge in [-0.05, 0) is 53.8 Å². The largest absolute Gasteiger partial charge is 0.312 e. The smallest absolute Gasteiger partial charge is 0.226 e. The highest BCUT2D eigenvalue weighted by Crippen LogP contribution is 2.35. The molecule has 0 atom stereocenters. The summed E-state index contributed by atoms with van der Waals surface area (Å²) in [6.07, 6.45) is 5.93. The average molecular weight is 419 g/mol. The number of nitrogens with zero attached hydrogens (tertiary/aromatic N) is 2. The van der Waals surface area contributed by atoms with Gasteiger partial charge < -0.3 is 4.90 Å². The number of aryl methyl sites for hydroxylation is 1. The van der Waals surface area contributed by atoms with E-state index in [1.54, 1.807) is 18.5 Å². The molecular weight excluding hydrogens is 396 g/mol. The Morgan fingerprint density at radius 3 is 2.73 bits per heavy atom. The van der Waals surface area contributed by atoms with Gasteiger partial charge in [0.15, 0.2) is 5.78 Å². The number of benzene rings is 2. The molecule has 0 bridgehead atoms. The first-order valence-electron chi connectivity index (χ1n) is 10.2. The Morgan fingerprint density at radius 1 is 1.13 bits per heavy atom. The third kappa shape index (κ3) is 4.14. The summed E-state index contributed by atoms with van der Waals surface area (Å²) in [6, 6.07) is 15.4. The summed E-state index contributed by atoms with van der Waals surface area (Å²) in [7, 11) is 0. The number of hydrogen-bond acceptors (Lipinski definition) is 3. The molecule has 1 aromatic heterocycles. The zero-order valence-electron chi connectivity index (χ0n) is 16.9. The minimum absolute atomic E-state index is 0.0648. The zero-order chi connectivity index (χ0) is 21.1. The lowest BCUT2D eigenvalue weighted by molar-refractivity contribution is -0.118. The Kier molecular flexibility index (Phi) is 5.96. The molecule has 0 saturated carbocycles. The summed E-state index contributed by atoms with van der Waals surface area (Å²) < 4.78 is 0. The van der Waals surface area contributed by atoms with E-state index >= 15 is 0 Å². The van der Waals surface area contributed by atoms with Gasteiger partial charge in [-0.15, -0.1) is 0 Å². The van der Waals surface area contributed by atoms with Crippen molar-refractivity contribution in [3.63, 3.8) is 0 Å². The maximum atomic E-state index is 12.6. The van der Waals surface area contributed by atoms with Crippen molar-refractivity contribution in [3.8, 4) is 11.1 Å². The predicted octanol–water partition coefficient (Wildman–Crippen LogP) is 5.52. The van der Waals surface area contributed by atoms with Crippen molar-refractivity contribution in [2.24, 2.45) is 0 Å². The van der Waals surface area contributed by atoms with Gasteiger partial charge in [-0.25, -0.2) is 0 Å². The fraction of sp³-hybridized carbons (Fsp3) is 0.240. The van der Waals surface area contributed by atoms with Crippen LogP contribution in [0.25, 0.3) is 11.1 Å². The van der Waals surface area contributed by atoms with Crippen LogP contribution in [0, 0.1) is 0 Å². The fourth-order valence-electron chi connectivity index (χ4n) is 3.89. The van der Waals surface area contributed by atoms with E-state index in [0.29, 0.717) is 29.8 Å². The number of fused-ring (bicyclic) bond motifs is 1. The van der Waals surface area contributed by atoms with E-state index in [2.05, 4.69) is 11.1 Å². The molecule has 0 aliphatic carbocycles. The molecule has 152 valence electrons. The topological polar surface area (TPSA) is 50.3 Å². The van der Waals surface area contributed by atoms with Crippen LogP contribution in [0.3, 0.4) is 0 Å². The molecule has 5 heteroatoms. The third-order valence-corrected chi connectivity index (χ3v) is 5.86. The highest BCUT2D eigenvalue weighted by molar-refractivity contribution is 6.33. The number of carbonyl (C=O) groups is 2. The van der Waals surface area contributed by atoms with Crippen molar-refractivity contribution >= 4 is 29.0 Å². The Balaban J connectivity index is 1.51. The molecule has 1 amide bonds. The van der Waals surface area contributed by atoms with Gasteiger partial charge in [-0.3, -0.25) is 14.6 Å². The van der Waals surface area contributed by atoms with E-state index in [1.807, 2.05) is 48.2 Å². The number of anilines is 1. The SMILES string of the molecule is CCC(=O)N1CCc2cc(-c3ccc(C(=O)CCc4cccnc4)cc3Cl)ccc21. The molecule has 2 aromatic carbocycles. The minimum atomic E-state index is 0.0648. The standard InChI is InChI=1S/C25H23ClN2O2/c1-2-25(30)28-13-11-19-14-18(7-9-23(19)28)21-8-6-20(15-22(21)26)24(29)10-5-17-4-3-12-27-16-17/h3-4,6-9,12,14-16H,2,5,10-11,13H2,1H3. The van der Waals surface area contributed by atoms with Crippen LogP contribution in [0.1, 0.15) is 41.3 Å². The maximum Gasteiger partial charge on any atom is 0.226 e. The number of pyridine rings is 1. The second-order valence-electron chi connectivity index (χ2n) is 7.47. The van der Waals surface area contributed by atoms with Crippen LogP contribution in [0.5, 0.6) is 0 Å². The third-order valence-electron chi connectivity index (χ3n) is 5.54. The van der Waals surface area contributed by atoms with Crippen molar-refractivity contribution in [2.45, 2.75) is 32.6 Å². The predicted molar refractivity (Wildman–Crippen MR) is 120 cm³/mol. The van der Waals surface area contributed by atoms with Crippen LogP contribution < -0.4 is 4.90 Å². The molecule has 30 heavy (non-hydrogen) atoms. The molecule has 0 spiro atoms. The quantitative estimate of drug-likeness (QED) is 0.495. The lowest BCUT2D eigenvalue weighted by atomic mass is 9.98. The van der Waals surface area contributed by atoms with Crippen molar-refractivity contribution in [1.82, 2.24) is 4.98 Å². The summed E-state index contributed by atoms with van der Waals surface area (Å²) in [6.45, 7) is 2.61. The normalized spacial score (nSPS) is 12.7. The van der Waals surface area contributed by atoms with Gasteiger partial charge in [0.2, 0.25) is 5.91 Å². The van der Waals surface area contributed by atoms with Gasteiger partial charge in [0.25, 0.3) is 0 Å². The number of carbonyl (C=O) groups excluding carboxylic acids is 2. The molecule has 0 fully saturated rings. The second kappa shape index (κ2) is 8.80. The van der Waals surface area contributed by atoms with E-state index in [1.165, 1.54) is 0 Å². The highest BCUT2D eigenvalue weighted by Gasteiger charge is 2.24. The molecule has 3 aromatic rings. The van der Waals surface area contributed by atoms with Gasteiger partial charge in [0.1, 0.15) is 0 Å². The van der Waals surface area contributed by atoms with Crippen LogP contribution in [0.15, 0.2) is 60.9 Å². The summed E-state index contributed by atoms with van der Waals surface area (Å²) in [5.74, 6) is 0.212. The Bertz CT molecular complexity index is 1100. The van der Waals surface area contributed by atoms with Crippen molar-refractivity contribution in [1.29, 1.82) is 0 Å². The van der Waals surface area contributed by atoms with Crippen LogP contribution in [-0.4, -0.2) is 23.2 Å². The van der Waals surface area contributed by atoms with Crippen LogP contribution >= 0.6 is 11.6 Å². The minimum Gasteiger partial charge on any atom is -0.312 e. The summed E-state index contributed by atoms with van der Waals surface area (Å²) in [5.41, 5.74) is 5.70. The van der Waals surface area contributed by atoms with Crippen molar-refractivity contribution < 1.29 is 9.59 Å². The number of aromatic nitrogens is 1. The number of hydrogen-bond donors (Lipinski definition) is 0. The van der Waals surface area contributed by atoms with Crippen LogP contribution in [0.4, 0.5) is 5.69 Å². The Hall–Kier alpha value is -2.98. The summed E-state index contributed by atoms with van der Waals surface area (Å²) in [4.78, 5) is 30.6. The molecule has 0 unspecified atom stereocenters. The number of amides is 1. The van der Waals surface area contributed by atoms with E-state index < -0.39 is 0 Å². The van der Waals surface area contributed by atoms with Gasteiger partial charge in [0.05, 0.1) is 0 Å². The molecule has 1 aliphatic rings. The Labute approximate surface area is 181 Å². The fourth-order valence-corrected chi connectivity index (χ4v) is 4.18. The highest BCUT2D eigenvalue weighted by atomic mass is 35.5. The molecule has 2 heterocycles. The Morgan fingerprint density at radius 2 is 2.00 bits per heavy atom. The van der Waals surface area contributed by atoms with Gasteiger partial charge in [-0.1, -0.05) is 42.8 Å². The molecule has 0 radical (unpaired) electrons. The first kappa shape index (κ1) is 20.3. The number of halogens is 1. The lowest BCUT2D eigenvalue weighted by Crippen LogP contribution is -2.27. The first-order chi connectivity index (χ1) is 14.6. The van der Waals surface area contributed by atoms with Crippen molar-refractivity contribution in [3.05, 3.63) is 82.6 Å². The van der Waals surface area contributed by atoms with Gasteiger partial charge in [-0.2, -0.15) is 0 Å². The monoisotopic (exact) mass is 418 g/mol. The first-order valence-corrected chi connectivity index (χ1v) is 10.6.